The van der Waals surface area contributed by atoms with Crippen molar-refractivity contribution in [3.8, 4) is 6.07 Å². The molecule has 0 radical (unpaired) electrons. The first-order valence-electron chi connectivity index (χ1n) is 7.74. The molecule has 0 aromatic heterocycles. The highest BCUT2D eigenvalue weighted by Gasteiger charge is 2.57. The highest BCUT2D eigenvalue weighted by atomic mass is 14.6. The van der Waals surface area contributed by atoms with Crippen LogP contribution in [0.1, 0.15) is 44.1 Å². The van der Waals surface area contributed by atoms with E-state index in [1.54, 1.807) is 0 Å². The lowest BCUT2D eigenvalue weighted by atomic mass is 9.43. The lowest BCUT2D eigenvalue weighted by Gasteiger charge is -2.61. The monoisotopic (exact) mass is 251 g/mol. The molecular weight excluding hydrogens is 230 g/mol. The summed E-state index contributed by atoms with van der Waals surface area (Å²) >= 11 is 0. The summed E-state index contributed by atoms with van der Waals surface area (Å²) in [5.41, 5.74) is 1.86. The van der Waals surface area contributed by atoms with E-state index in [4.69, 9.17) is 0 Å². The fourth-order valence-electron chi connectivity index (χ4n) is 5.83. The predicted molar refractivity (Wildman–Crippen MR) is 75.4 cm³/mol. The van der Waals surface area contributed by atoms with Gasteiger partial charge in [0.1, 0.15) is 0 Å². The summed E-state index contributed by atoms with van der Waals surface area (Å²) in [6.07, 6.45) is 7.71. The molecule has 5 rings (SSSR count). The highest BCUT2D eigenvalue weighted by Crippen LogP contribution is 2.64. The van der Waals surface area contributed by atoms with Crippen molar-refractivity contribution >= 4 is 0 Å². The largest absolute Gasteiger partial charge is 0.198 e. The van der Waals surface area contributed by atoms with E-state index in [0.29, 0.717) is 11.3 Å². The van der Waals surface area contributed by atoms with Crippen LogP contribution in [-0.2, 0) is 5.41 Å². The second-order valence-corrected chi connectivity index (χ2v) is 7.10. The molecule has 4 fully saturated rings. The SMILES string of the molecule is N#CCC1C2CC3CC(C2)CC1(c1ccccc1)C3. The molecule has 0 heterocycles. The highest BCUT2D eigenvalue weighted by molar-refractivity contribution is 5.31. The van der Waals surface area contributed by atoms with Gasteiger partial charge in [0, 0.05) is 6.42 Å². The number of rotatable bonds is 2. The Labute approximate surface area is 115 Å². The molecule has 1 heteroatoms. The third kappa shape index (κ3) is 1.59. The zero-order chi connectivity index (χ0) is 12.9. The Hall–Kier alpha value is -1.29. The molecule has 0 spiro atoms. The fraction of sp³-hybridized carbons (Fsp3) is 0.611. The summed E-state index contributed by atoms with van der Waals surface area (Å²) in [6.45, 7) is 0. The van der Waals surface area contributed by atoms with Crippen LogP contribution in [0.25, 0.3) is 0 Å². The van der Waals surface area contributed by atoms with Crippen LogP contribution >= 0.6 is 0 Å². The Bertz CT molecular complexity index is 498. The van der Waals surface area contributed by atoms with Crippen LogP contribution in [0.2, 0.25) is 0 Å². The molecule has 98 valence electrons. The predicted octanol–water partition coefficient (Wildman–Crippen LogP) is 4.29. The van der Waals surface area contributed by atoms with Crippen molar-refractivity contribution in [2.75, 3.05) is 0 Å². The Morgan fingerprint density at radius 2 is 1.74 bits per heavy atom. The van der Waals surface area contributed by atoms with Gasteiger partial charge in [-0.15, -0.1) is 0 Å². The van der Waals surface area contributed by atoms with Gasteiger partial charge in [-0.05, 0) is 66.8 Å². The van der Waals surface area contributed by atoms with Gasteiger partial charge in [0.2, 0.25) is 0 Å². The van der Waals surface area contributed by atoms with Gasteiger partial charge in [-0.3, -0.25) is 0 Å². The van der Waals surface area contributed by atoms with Crippen LogP contribution < -0.4 is 0 Å². The first kappa shape index (κ1) is 11.5. The minimum Gasteiger partial charge on any atom is -0.198 e. The minimum absolute atomic E-state index is 0.339. The molecule has 3 atom stereocenters. The Morgan fingerprint density at radius 3 is 2.37 bits per heavy atom. The van der Waals surface area contributed by atoms with Crippen LogP contribution in [0.5, 0.6) is 0 Å². The van der Waals surface area contributed by atoms with Crippen molar-refractivity contribution < 1.29 is 0 Å². The van der Waals surface area contributed by atoms with E-state index in [0.717, 1.165) is 24.2 Å². The van der Waals surface area contributed by atoms with E-state index < -0.39 is 0 Å². The summed E-state index contributed by atoms with van der Waals surface area (Å²) in [7, 11) is 0. The normalized spacial score (nSPS) is 43.1. The third-order valence-electron chi connectivity index (χ3n) is 6.18. The molecule has 1 aromatic carbocycles. The Kier molecular flexibility index (Phi) is 2.49. The maximum atomic E-state index is 9.26. The summed E-state index contributed by atoms with van der Waals surface area (Å²) < 4.78 is 0. The summed E-state index contributed by atoms with van der Waals surface area (Å²) in [6, 6.07) is 13.6. The van der Waals surface area contributed by atoms with E-state index >= 15 is 0 Å². The maximum Gasteiger partial charge on any atom is 0.0625 e. The maximum absolute atomic E-state index is 9.26. The van der Waals surface area contributed by atoms with Gasteiger partial charge in [-0.1, -0.05) is 30.3 Å². The summed E-state index contributed by atoms with van der Waals surface area (Å²) in [5, 5.41) is 9.26. The zero-order valence-corrected chi connectivity index (χ0v) is 11.4. The first-order valence-corrected chi connectivity index (χ1v) is 7.74. The Balaban J connectivity index is 1.81. The van der Waals surface area contributed by atoms with Gasteiger partial charge in [-0.2, -0.15) is 5.26 Å². The van der Waals surface area contributed by atoms with Crippen LogP contribution in [0, 0.1) is 35.0 Å². The zero-order valence-electron chi connectivity index (χ0n) is 11.4. The number of nitriles is 1. The van der Waals surface area contributed by atoms with Gasteiger partial charge < -0.3 is 0 Å². The molecule has 1 nitrogen and oxygen atoms in total. The van der Waals surface area contributed by atoms with Gasteiger partial charge in [0.05, 0.1) is 6.07 Å². The second kappa shape index (κ2) is 4.10. The van der Waals surface area contributed by atoms with Crippen molar-refractivity contribution in [2.45, 2.75) is 43.9 Å². The van der Waals surface area contributed by atoms with E-state index in [-0.39, 0.29) is 0 Å². The number of hydrogen-bond acceptors (Lipinski definition) is 1. The van der Waals surface area contributed by atoms with Crippen molar-refractivity contribution in [3.63, 3.8) is 0 Å². The van der Waals surface area contributed by atoms with E-state index in [1.807, 2.05) is 0 Å². The molecule has 4 bridgehead atoms. The third-order valence-corrected chi connectivity index (χ3v) is 6.18. The van der Waals surface area contributed by atoms with Gasteiger partial charge in [-0.25, -0.2) is 0 Å². The van der Waals surface area contributed by atoms with Gasteiger partial charge in [0.15, 0.2) is 0 Å². The molecule has 4 aliphatic carbocycles. The molecule has 3 unspecified atom stereocenters. The van der Waals surface area contributed by atoms with Crippen molar-refractivity contribution in [1.29, 1.82) is 5.26 Å². The molecular formula is C18H21N. The molecule has 0 saturated heterocycles. The number of hydrogen-bond donors (Lipinski definition) is 0. The molecule has 1 aromatic rings. The molecule has 0 aliphatic heterocycles. The average Bonchev–Trinajstić information content (AvgIpc) is 2.43. The second-order valence-electron chi connectivity index (χ2n) is 7.10. The van der Waals surface area contributed by atoms with Crippen LogP contribution in [0.4, 0.5) is 0 Å². The van der Waals surface area contributed by atoms with Gasteiger partial charge >= 0.3 is 0 Å². The van der Waals surface area contributed by atoms with Crippen LogP contribution in [-0.4, -0.2) is 0 Å². The lowest BCUT2D eigenvalue weighted by Crippen LogP contribution is -2.55. The van der Waals surface area contributed by atoms with Crippen LogP contribution in [0.15, 0.2) is 30.3 Å². The molecule has 0 N–H and O–H groups in total. The Morgan fingerprint density at radius 1 is 1.05 bits per heavy atom. The quantitative estimate of drug-likeness (QED) is 0.769. The fourth-order valence-corrected chi connectivity index (χ4v) is 5.83. The van der Waals surface area contributed by atoms with E-state index in [1.165, 1.54) is 37.7 Å². The molecule has 4 aliphatic rings. The lowest BCUT2D eigenvalue weighted by molar-refractivity contribution is -0.0596. The topological polar surface area (TPSA) is 23.8 Å². The summed E-state index contributed by atoms with van der Waals surface area (Å²) in [4.78, 5) is 0. The number of nitrogens with zero attached hydrogens (tertiary/aromatic N) is 1. The smallest absolute Gasteiger partial charge is 0.0625 e. The van der Waals surface area contributed by atoms with Crippen LogP contribution in [0.3, 0.4) is 0 Å². The molecule has 0 amide bonds. The average molecular weight is 251 g/mol. The number of benzene rings is 1. The van der Waals surface area contributed by atoms with Crippen molar-refractivity contribution in [1.82, 2.24) is 0 Å². The van der Waals surface area contributed by atoms with Gasteiger partial charge in [0.25, 0.3) is 0 Å². The standard InChI is InChI=1S/C18H21N/c19-7-6-17-15-9-13-8-14(10-15)12-18(17,11-13)16-4-2-1-3-5-16/h1-5,13-15,17H,6,8-12H2. The minimum atomic E-state index is 0.339. The van der Waals surface area contributed by atoms with E-state index in [9.17, 15) is 5.26 Å². The van der Waals surface area contributed by atoms with Crippen molar-refractivity contribution in [3.05, 3.63) is 35.9 Å². The molecule has 4 saturated carbocycles. The van der Waals surface area contributed by atoms with E-state index in [2.05, 4.69) is 36.4 Å². The van der Waals surface area contributed by atoms with Crippen molar-refractivity contribution in [2.24, 2.45) is 23.7 Å². The molecule has 19 heavy (non-hydrogen) atoms. The first-order chi connectivity index (χ1) is 9.32. The summed E-state index contributed by atoms with van der Waals surface area (Å²) in [5.74, 6) is 3.32.